The molecule has 1 rings (SSSR count). The Morgan fingerprint density at radius 1 is 1.14 bits per heavy atom. The van der Waals surface area contributed by atoms with Crippen molar-refractivity contribution in [2.45, 2.75) is 32.3 Å². The van der Waals surface area contributed by atoms with Crippen LogP contribution in [0.3, 0.4) is 0 Å². The van der Waals surface area contributed by atoms with Crippen LogP contribution in [0.5, 0.6) is 0 Å². The third-order valence-electron chi connectivity index (χ3n) is 2.15. The number of benzene rings is 1. The first-order valence-electron chi connectivity index (χ1n) is 4.63. The first-order valence-corrected chi connectivity index (χ1v) is 4.63. The summed E-state index contributed by atoms with van der Waals surface area (Å²) in [6.45, 7) is 3.49. The van der Waals surface area contributed by atoms with Crippen molar-refractivity contribution >= 4 is 0 Å². The zero-order valence-electron chi connectivity index (χ0n) is 8.30. The van der Waals surface area contributed by atoms with Crippen LogP contribution in [0.1, 0.15) is 31.7 Å². The third kappa shape index (κ3) is 3.07. The predicted molar refractivity (Wildman–Crippen MR) is 51.1 cm³/mol. The van der Waals surface area contributed by atoms with Crippen LogP contribution < -0.4 is 0 Å². The highest BCUT2D eigenvalue weighted by atomic mass is 19.1. The Bertz CT molecular complexity index is 290. The molecule has 2 unspecified atom stereocenters. The van der Waals surface area contributed by atoms with Gasteiger partial charge in [0.05, 0.1) is 6.10 Å². The van der Waals surface area contributed by atoms with Crippen LogP contribution in [0.4, 0.5) is 8.78 Å². The summed E-state index contributed by atoms with van der Waals surface area (Å²) in [5.74, 6) is -1.19. The maximum absolute atomic E-state index is 12.8. The minimum Gasteiger partial charge on any atom is -0.393 e. The topological polar surface area (TPSA) is 20.2 Å². The predicted octanol–water partition coefficient (Wildman–Crippen LogP) is 2.84. The summed E-state index contributed by atoms with van der Waals surface area (Å²) in [5.41, 5.74) is 0.586. The van der Waals surface area contributed by atoms with E-state index in [1.807, 2.05) is 6.92 Å². The van der Waals surface area contributed by atoms with E-state index in [1.54, 1.807) is 6.92 Å². The molecular formula is C11H14F2O. The molecule has 2 atom stereocenters. The second-order valence-electron chi connectivity index (χ2n) is 3.69. The monoisotopic (exact) mass is 200 g/mol. The first-order chi connectivity index (χ1) is 6.49. The summed E-state index contributed by atoms with van der Waals surface area (Å²) in [5, 5.41) is 9.14. The van der Waals surface area contributed by atoms with Gasteiger partial charge < -0.3 is 5.11 Å². The Balaban J connectivity index is 2.84. The van der Waals surface area contributed by atoms with Crippen LogP contribution in [-0.2, 0) is 0 Å². The van der Waals surface area contributed by atoms with Crippen LogP contribution in [0.15, 0.2) is 18.2 Å². The molecule has 1 aromatic carbocycles. The van der Waals surface area contributed by atoms with Gasteiger partial charge in [-0.3, -0.25) is 0 Å². The average Bonchev–Trinajstić information content (AvgIpc) is 2.00. The Morgan fingerprint density at radius 3 is 2.07 bits per heavy atom. The van der Waals surface area contributed by atoms with Gasteiger partial charge in [-0.05, 0) is 37.0 Å². The molecule has 0 aliphatic rings. The van der Waals surface area contributed by atoms with Gasteiger partial charge in [-0.2, -0.15) is 0 Å². The van der Waals surface area contributed by atoms with Crippen molar-refractivity contribution in [1.29, 1.82) is 0 Å². The van der Waals surface area contributed by atoms with Crippen molar-refractivity contribution in [3.05, 3.63) is 35.4 Å². The van der Waals surface area contributed by atoms with E-state index in [-0.39, 0.29) is 5.92 Å². The van der Waals surface area contributed by atoms with Crippen molar-refractivity contribution in [3.8, 4) is 0 Å². The van der Waals surface area contributed by atoms with Crippen molar-refractivity contribution in [1.82, 2.24) is 0 Å². The number of halogens is 2. The molecule has 0 fully saturated rings. The molecule has 78 valence electrons. The van der Waals surface area contributed by atoms with E-state index in [4.69, 9.17) is 5.11 Å². The fraction of sp³-hybridized carbons (Fsp3) is 0.455. The van der Waals surface area contributed by atoms with Crippen LogP contribution in [-0.4, -0.2) is 11.2 Å². The van der Waals surface area contributed by atoms with Gasteiger partial charge in [-0.25, -0.2) is 8.78 Å². The Hall–Kier alpha value is -0.960. The van der Waals surface area contributed by atoms with Gasteiger partial charge in [0.1, 0.15) is 11.6 Å². The molecule has 0 aliphatic heterocycles. The number of hydrogen-bond donors (Lipinski definition) is 1. The lowest BCUT2D eigenvalue weighted by atomic mass is 9.95. The lowest BCUT2D eigenvalue weighted by Crippen LogP contribution is -2.06. The van der Waals surface area contributed by atoms with E-state index in [1.165, 1.54) is 12.1 Å². The molecule has 0 radical (unpaired) electrons. The van der Waals surface area contributed by atoms with Crippen molar-refractivity contribution in [2.75, 3.05) is 0 Å². The highest BCUT2D eigenvalue weighted by Gasteiger charge is 2.10. The molecule has 0 aromatic heterocycles. The number of rotatable bonds is 3. The van der Waals surface area contributed by atoms with Gasteiger partial charge in [-0.1, -0.05) is 6.92 Å². The van der Waals surface area contributed by atoms with Gasteiger partial charge in [-0.15, -0.1) is 0 Å². The summed E-state index contributed by atoms with van der Waals surface area (Å²) < 4.78 is 25.6. The molecule has 1 aromatic rings. The lowest BCUT2D eigenvalue weighted by molar-refractivity contribution is 0.176. The summed E-state index contributed by atoms with van der Waals surface area (Å²) >= 11 is 0. The largest absolute Gasteiger partial charge is 0.393 e. The third-order valence-corrected chi connectivity index (χ3v) is 2.15. The van der Waals surface area contributed by atoms with E-state index < -0.39 is 17.7 Å². The van der Waals surface area contributed by atoms with E-state index in [9.17, 15) is 8.78 Å². The van der Waals surface area contributed by atoms with Gasteiger partial charge in [0.2, 0.25) is 0 Å². The smallest absolute Gasteiger partial charge is 0.126 e. The maximum atomic E-state index is 12.8. The molecule has 0 saturated carbocycles. The minimum atomic E-state index is -0.572. The molecular weight excluding hydrogens is 186 g/mol. The number of aliphatic hydroxyl groups is 1. The van der Waals surface area contributed by atoms with E-state index in [2.05, 4.69) is 0 Å². The Kier molecular flexibility index (Phi) is 3.58. The standard InChI is InChI=1S/C11H14F2O/c1-7(3-8(2)14)9-4-10(12)6-11(13)5-9/h4-8,14H,3H2,1-2H3. The zero-order valence-corrected chi connectivity index (χ0v) is 8.30. The van der Waals surface area contributed by atoms with E-state index in [0.717, 1.165) is 6.07 Å². The van der Waals surface area contributed by atoms with Gasteiger partial charge in [0.25, 0.3) is 0 Å². The van der Waals surface area contributed by atoms with Gasteiger partial charge >= 0.3 is 0 Å². The quantitative estimate of drug-likeness (QED) is 0.795. The Morgan fingerprint density at radius 2 is 1.64 bits per heavy atom. The summed E-state index contributed by atoms with van der Waals surface area (Å²) in [4.78, 5) is 0. The molecule has 0 aliphatic carbocycles. The Labute approximate surface area is 82.4 Å². The highest BCUT2D eigenvalue weighted by Crippen LogP contribution is 2.22. The molecule has 0 amide bonds. The van der Waals surface area contributed by atoms with Crippen molar-refractivity contribution < 1.29 is 13.9 Å². The molecule has 3 heteroatoms. The molecule has 1 N–H and O–H groups in total. The van der Waals surface area contributed by atoms with Crippen LogP contribution in [0.2, 0.25) is 0 Å². The first kappa shape index (κ1) is 11.1. The molecule has 0 heterocycles. The SMILES string of the molecule is CC(O)CC(C)c1cc(F)cc(F)c1. The molecule has 0 bridgehead atoms. The van der Waals surface area contributed by atoms with E-state index >= 15 is 0 Å². The number of hydrogen-bond acceptors (Lipinski definition) is 1. The summed E-state index contributed by atoms with van der Waals surface area (Å²) in [7, 11) is 0. The molecule has 0 saturated heterocycles. The second kappa shape index (κ2) is 4.51. The molecule has 1 nitrogen and oxygen atoms in total. The zero-order chi connectivity index (χ0) is 10.7. The number of aliphatic hydroxyl groups excluding tert-OH is 1. The molecule has 14 heavy (non-hydrogen) atoms. The lowest BCUT2D eigenvalue weighted by Gasteiger charge is -2.13. The van der Waals surface area contributed by atoms with Crippen LogP contribution in [0, 0.1) is 11.6 Å². The normalized spacial score (nSPS) is 15.2. The van der Waals surface area contributed by atoms with E-state index in [0.29, 0.717) is 12.0 Å². The van der Waals surface area contributed by atoms with Gasteiger partial charge in [0.15, 0.2) is 0 Å². The fourth-order valence-corrected chi connectivity index (χ4v) is 1.51. The minimum absolute atomic E-state index is 0.0415. The average molecular weight is 200 g/mol. The van der Waals surface area contributed by atoms with Crippen LogP contribution >= 0.6 is 0 Å². The van der Waals surface area contributed by atoms with Crippen molar-refractivity contribution in [2.24, 2.45) is 0 Å². The second-order valence-corrected chi connectivity index (χ2v) is 3.69. The maximum Gasteiger partial charge on any atom is 0.126 e. The summed E-state index contributed by atoms with van der Waals surface area (Å²) in [6.07, 6.45) is 0.0411. The molecule has 0 spiro atoms. The highest BCUT2D eigenvalue weighted by molar-refractivity contribution is 5.21. The fourth-order valence-electron chi connectivity index (χ4n) is 1.51. The van der Waals surface area contributed by atoms with Gasteiger partial charge in [0, 0.05) is 6.07 Å². The van der Waals surface area contributed by atoms with Crippen LogP contribution in [0.25, 0.3) is 0 Å². The van der Waals surface area contributed by atoms with Crippen molar-refractivity contribution in [3.63, 3.8) is 0 Å². The summed E-state index contributed by atoms with van der Waals surface area (Å²) in [6, 6.07) is 3.45.